The summed E-state index contributed by atoms with van der Waals surface area (Å²) < 4.78 is 1.88. The summed E-state index contributed by atoms with van der Waals surface area (Å²) in [6.45, 7) is 1.99. The van der Waals surface area contributed by atoms with Crippen LogP contribution in [0.25, 0.3) is 11.4 Å². The van der Waals surface area contributed by atoms with Gasteiger partial charge in [-0.25, -0.2) is 4.68 Å². The molecule has 2 N–H and O–H groups in total. The number of fused-ring (bicyclic) bond motifs is 1. The van der Waals surface area contributed by atoms with Crippen molar-refractivity contribution >= 4 is 23.4 Å². The molecule has 0 bridgehead atoms. The maximum Gasteiger partial charge on any atom is 0.240 e. The Morgan fingerprint density at radius 1 is 0.935 bits per heavy atom. The first-order chi connectivity index (χ1) is 15.2. The van der Waals surface area contributed by atoms with Crippen molar-refractivity contribution < 1.29 is 4.79 Å². The van der Waals surface area contributed by atoms with Gasteiger partial charge in [-0.3, -0.25) is 4.79 Å². The van der Waals surface area contributed by atoms with E-state index in [-0.39, 0.29) is 11.9 Å². The van der Waals surface area contributed by atoms with Crippen LogP contribution in [0.3, 0.4) is 0 Å². The molecule has 3 aromatic carbocycles. The van der Waals surface area contributed by atoms with E-state index in [4.69, 9.17) is 0 Å². The molecule has 5 rings (SSSR count). The SMILES string of the molecule is Cc1ccccc1NC(=O)[C@H]1Sc2nnc(-c3ccccc3)n2N[C@@H]1c1ccccc1. The van der Waals surface area contributed by atoms with Crippen molar-refractivity contribution in [3.63, 3.8) is 0 Å². The van der Waals surface area contributed by atoms with Gasteiger partial charge in [-0.05, 0) is 24.1 Å². The Balaban J connectivity index is 1.51. The fourth-order valence-corrected chi connectivity index (χ4v) is 4.74. The zero-order valence-electron chi connectivity index (χ0n) is 16.9. The predicted octanol–water partition coefficient (Wildman–Crippen LogP) is 4.65. The molecule has 0 radical (unpaired) electrons. The van der Waals surface area contributed by atoms with E-state index in [1.165, 1.54) is 11.8 Å². The third-order valence-corrected chi connectivity index (χ3v) is 6.50. The maximum atomic E-state index is 13.4. The van der Waals surface area contributed by atoms with E-state index in [0.717, 1.165) is 28.2 Å². The molecule has 7 heteroatoms. The molecule has 6 nitrogen and oxygen atoms in total. The van der Waals surface area contributed by atoms with E-state index < -0.39 is 5.25 Å². The van der Waals surface area contributed by atoms with E-state index in [0.29, 0.717) is 5.16 Å². The van der Waals surface area contributed by atoms with Crippen molar-refractivity contribution in [3.8, 4) is 11.4 Å². The zero-order valence-corrected chi connectivity index (χ0v) is 17.7. The number of para-hydroxylation sites is 1. The highest BCUT2D eigenvalue weighted by Crippen LogP contribution is 2.39. The minimum atomic E-state index is -0.415. The lowest BCUT2D eigenvalue weighted by Crippen LogP contribution is -2.41. The van der Waals surface area contributed by atoms with Crippen molar-refractivity contribution in [2.75, 3.05) is 10.7 Å². The van der Waals surface area contributed by atoms with Crippen LogP contribution in [0.2, 0.25) is 0 Å². The Labute approximate surface area is 184 Å². The zero-order chi connectivity index (χ0) is 21.2. The third kappa shape index (κ3) is 3.80. The minimum Gasteiger partial charge on any atom is -0.325 e. The van der Waals surface area contributed by atoms with Gasteiger partial charge < -0.3 is 10.7 Å². The largest absolute Gasteiger partial charge is 0.325 e. The number of benzene rings is 3. The van der Waals surface area contributed by atoms with Gasteiger partial charge in [-0.2, -0.15) is 0 Å². The summed E-state index contributed by atoms with van der Waals surface area (Å²) in [6, 6.07) is 27.5. The van der Waals surface area contributed by atoms with Gasteiger partial charge in [-0.1, -0.05) is 90.6 Å². The van der Waals surface area contributed by atoms with Gasteiger partial charge in [0.05, 0.1) is 6.04 Å². The van der Waals surface area contributed by atoms with Gasteiger partial charge in [0, 0.05) is 11.3 Å². The first-order valence-corrected chi connectivity index (χ1v) is 10.9. The molecular formula is C24H21N5OS. The molecule has 154 valence electrons. The standard InChI is InChI=1S/C24H21N5OS/c1-16-10-8-9-15-19(16)25-23(30)21-20(17-11-4-2-5-12-17)28-29-22(26-27-24(29)31-21)18-13-6-3-7-14-18/h2-15,20-21,28H,1H3,(H,25,30)/t20-,21+/m1/s1. The van der Waals surface area contributed by atoms with Crippen LogP contribution in [0.4, 0.5) is 5.69 Å². The number of carbonyl (C=O) groups is 1. The van der Waals surface area contributed by atoms with Crippen molar-refractivity contribution in [2.45, 2.75) is 23.4 Å². The number of anilines is 1. The number of thioether (sulfide) groups is 1. The Morgan fingerprint density at radius 2 is 1.61 bits per heavy atom. The van der Waals surface area contributed by atoms with Gasteiger partial charge in [-0.15, -0.1) is 10.2 Å². The first-order valence-electron chi connectivity index (χ1n) is 10.1. The monoisotopic (exact) mass is 427 g/mol. The van der Waals surface area contributed by atoms with E-state index in [1.54, 1.807) is 0 Å². The quantitative estimate of drug-likeness (QED) is 0.496. The number of amides is 1. The lowest BCUT2D eigenvalue weighted by Gasteiger charge is -2.33. The van der Waals surface area contributed by atoms with E-state index >= 15 is 0 Å². The normalized spacial score (nSPS) is 17.5. The molecule has 1 aliphatic rings. The Kier molecular flexibility index (Phi) is 5.18. The first kappa shape index (κ1) is 19.4. The average Bonchev–Trinajstić information content (AvgIpc) is 3.24. The predicted molar refractivity (Wildman–Crippen MR) is 123 cm³/mol. The molecule has 2 heterocycles. The second-order valence-corrected chi connectivity index (χ2v) is 8.48. The van der Waals surface area contributed by atoms with Gasteiger partial charge in [0.25, 0.3) is 0 Å². The van der Waals surface area contributed by atoms with Crippen LogP contribution in [0.15, 0.2) is 90.1 Å². The van der Waals surface area contributed by atoms with Crippen molar-refractivity contribution in [2.24, 2.45) is 0 Å². The molecule has 0 saturated carbocycles. The van der Waals surface area contributed by atoms with Crippen molar-refractivity contribution in [3.05, 3.63) is 96.1 Å². The third-order valence-electron chi connectivity index (χ3n) is 5.29. The highest BCUT2D eigenvalue weighted by molar-refractivity contribution is 8.00. The number of hydrogen-bond donors (Lipinski definition) is 2. The van der Waals surface area contributed by atoms with Crippen molar-refractivity contribution in [1.29, 1.82) is 0 Å². The fourth-order valence-electron chi connectivity index (χ4n) is 3.66. The second-order valence-electron chi connectivity index (χ2n) is 7.37. The van der Waals surface area contributed by atoms with Gasteiger partial charge >= 0.3 is 0 Å². The molecule has 0 aliphatic carbocycles. The van der Waals surface area contributed by atoms with Crippen LogP contribution in [0.1, 0.15) is 17.2 Å². The topological polar surface area (TPSA) is 71.8 Å². The molecule has 2 atom stereocenters. The molecule has 0 spiro atoms. The molecule has 31 heavy (non-hydrogen) atoms. The fraction of sp³-hybridized carbons (Fsp3) is 0.125. The van der Waals surface area contributed by atoms with Gasteiger partial charge in [0.15, 0.2) is 5.82 Å². The Hall–Kier alpha value is -3.58. The van der Waals surface area contributed by atoms with Crippen LogP contribution < -0.4 is 10.7 Å². The molecule has 1 aromatic heterocycles. The van der Waals surface area contributed by atoms with E-state index in [9.17, 15) is 4.79 Å². The highest BCUT2D eigenvalue weighted by Gasteiger charge is 2.38. The smallest absolute Gasteiger partial charge is 0.240 e. The Morgan fingerprint density at radius 3 is 2.35 bits per heavy atom. The molecule has 1 amide bonds. The summed E-state index contributed by atoms with van der Waals surface area (Å²) in [5.74, 6) is 0.651. The van der Waals surface area contributed by atoms with Crippen LogP contribution >= 0.6 is 11.8 Å². The van der Waals surface area contributed by atoms with Crippen LogP contribution in [-0.4, -0.2) is 26.0 Å². The average molecular weight is 428 g/mol. The molecule has 0 fully saturated rings. The number of aromatic nitrogens is 3. The van der Waals surface area contributed by atoms with Crippen molar-refractivity contribution in [1.82, 2.24) is 14.9 Å². The summed E-state index contributed by atoms with van der Waals surface area (Å²) >= 11 is 1.42. The van der Waals surface area contributed by atoms with E-state index in [2.05, 4.69) is 20.9 Å². The lowest BCUT2D eigenvalue weighted by molar-refractivity contribution is -0.116. The summed E-state index contributed by atoms with van der Waals surface area (Å²) in [5.41, 5.74) is 7.33. The van der Waals surface area contributed by atoms with Crippen LogP contribution in [0.5, 0.6) is 0 Å². The molecular weight excluding hydrogens is 406 g/mol. The molecule has 0 saturated heterocycles. The number of aryl methyl sites for hydroxylation is 1. The summed E-state index contributed by atoms with van der Waals surface area (Å²) in [4.78, 5) is 13.4. The number of hydrogen-bond acceptors (Lipinski definition) is 5. The van der Waals surface area contributed by atoms with Crippen LogP contribution in [0, 0.1) is 6.92 Å². The van der Waals surface area contributed by atoms with Crippen LogP contribution in [-0.2, 0) is 4.79 Å². The second kappa shape index (κ2) is 8.28. The van der Waals surface area contributed by atoms with E-state index in [1.807, 2.05) is 96.5 Å². The molecule has 1 aliphatic heterocycles. The lowest BCUT2D eigenvalue weighted by atomic mass is 10.0. The highest BCUT2D eigenvalue weighted by atomic mass is 32.2. The number of nitrogens with one attached hydrogen (secondary N) is 2. The van der Waals surface area contributed by atoms with Gasteiger partial charge in [0.1, 0.15) is 5.25 Å². The number of nitrogens with zero attached hydrogens (tertiary/aromatic N) is 3. The van der Waals surface area contributed by atoms with Gasteiger partial charge in [0.2, 0.25) is 11.1 Å². The molecule has 4 aromatic rings. The Bertz CT molecular complexity index is 1210. The number of rotatable bonds is 4. The minimum absolute atomic E-state index is 0.0730. The summed E-state index contributed by atoms with van der Waals surface area (Å²) in [5, 5.41) is 12.1. The summed E-state index contributed by atoms with van der Waals surface area (Å²) in [7, 11) is 0. The molecule has 0 unspecified atom stereocenters. The maximum absolute atomic E-state index is 13.4. The number of carbonyl (C=O) groups excluding carboxylic acids is 1. The summed E-state index contributed by atoms with van der Waals surface area (Å²) in [6.07, 6.45) is 0.